The fraction of sp³-hybridized carbons (Fsp3) is 0.667. The number of carbonyl (C=O) groups is 3. The lowest BCUT2D eigenvalue weighted by Crippen LogP contribution is -2.58. The molecule has 0 radical (unpaired) electrons. The molecule has 1 spiro atoms. The minimum atomic E-state index is -0.744. The molecule has 2 amide bonds. The fourth-order valence-electron chi connectivity index (χ4n) is 6.61. The predicted octanol–water partition coefficient (Wildman–Crippen LogP) is 2.94. The first-order chi connectivity index (χ1) is 16.7. The number of aliphatic hydroxyl groups is 1. The van der Waals surface area contributed by atoms with Crippen molar-refractivity contribution >= 4 is 29.5 Å². The number of rotatable bonds is 10. The van der Waals surface area contributed by atoms with Crippen LogP contribution in [0.1, 0.15) is 58.9 Å². The van der Waals surface area contributed by atoms with E-state index in [0.717, 1.165) is 24.8 Å². The van der Waals surface area contributed by atoms with Crippen molar-refractivity contribution in [2.75, 3.05) is 13.2 Å². The number of thioether (sulfide) groups is 1. The molecule has 1 aromatic carbocycles. The average molecular weight is 503 g/mol. The second-order valence-electron chi connectivity index (χ2n) is 10.4. The van der Waals surface area contributed by atoms with Gasteiger partial charge in [-0.1, -0.05) is 43.7 Å². The lowest BCUT2D eigenvalue weighted by Gasteiger charge is -2.37. The van der Waals surface area contributed by atoms with E-state index in [1.165, 1.54) is 0 Å². The van der Waals surface area contributed by atoms with Crippen LogP contribution in [0.4, 0.5) is 0 Å². The summed E-state index contributed by atoms with van der Waals surface area (Å²) >= 11 is 1.63. The van der Waals surface area contributed by atoms with Crippen LogP contribution in [0, 0.1) is 11.8 Å². The minimum Gasteiger partial charge on any atom is -0.466 e. The maximum atomic E-state index is 14.2. The molecule has 3 unspecified atom stereocenters. The number of hydrogen-bond donors (Lipinski definition) is 2. The third-order valence-electron chi connectivity index (χ3n) is 8.03. The number of carbonyl (C=O) groups excluding carboxylic acids is 3. The summed E-state index contributed by atoms with van der Waals surface area (Å²) in [5.41, 5.74) is 0.985. The summed E-state index contributed by atoms with van der Waals surface area (Å²) in [7, 11) is 0. The molecule has 192 valence electrons. The summed E-state index contributed by atoms with van der Waals surface area (Å²) in [5, 5.41) is 13.6. The molecule has 0 aliphatic carbocycles. The quantitative estimate of drug-likeness (QED) is 0.478. The van der Waals surface area contributed by atoms with Crippen LogP contribution < -0.4 is 5.32 Å². The molecule has 3 heterocycles. The zero-order valence-electron chi connectivity index (χ0n) is 21.2. The molecule has 0 aromatic heterocycles. The number of benzene rings is 1. The van der Waals surface area contributed by atoms with E-state index >= 15 is 0 Å². The zero-order chi connectivity index (χ0) is 25.4. The van der Waals surface area contributed by atoms with Gasteiger partial charge in [0.25, 0.3) is 0 Å². The third kappa shape index (κ3) is 4.37. The van der Waals surface area contributed by atoms with Gasteiger partial charge in [-0.05, 0) is 52.0 Å². The second kappa shape index (κ2) is 10.1. The highest BCUT2D eigenvalue weighted by Gasteiger charge is 2.78. The molecule has 7 atom stereocenters. The fourth-order valence-corrected chi connectivity index (χ4v) is 8.94. The van der Waals surface area contributed by atoms with Gasteiger partial charge >= 0.3 is 5.97 Å². The molecule has 3 saturated heterocycles. The van der Waals surface area contributed by atoms with Crippen LogP contribution in [0.25, 0.3) is 0 Å². The smallest absolute Gasteiger partial charge is 0.311 e. The number of likely N-dealkylation sites (tertiary alicyclic amines) is 1. The first kappa shape index (κ1) is 26.0. The Morgan fingerprint density at radius 3 is 2.60 bits per heavy atom. The van der Waals surface area contributed by atoms with Gasteiger partial charge in [0, 0.05) is 10.8 Å². The van der Waals surface area contributed by atoms with Gasteiger partial charge in [0.1, 0.15) is 6.04 Å². The molecule has 0 saturated carbocycles. The summed E-state index contributed by atoms with van der Waals surface area (Å²) in [6.45, 7) is 7.85. The van der Waals surface area contributed by atoms with Crippen molar-refractivity contribution < 1.29 is 24.2 Å². The molecule has 3 aliphatic rings. The Balaban J connectivity index is 1.75. The Morgan fingerprint density at radius 2 is 1.97 bits per heavy atom. The highest BCUT2D eigenvalue weighted by Crippen LogP contribution is 2.71. The van der Waals surface area contributed by atoms with Crippen molar-refractivity contribution in [3.05, 3.63) is 35.9 Å². The molecule has 2 N–H and O–H groups in total. The highest BCUT2D eigenvalue weighted by molar-refractivity contribution is 8.02. The van der Waals surface area contributed by atoms with E-state index in [-0.39, 0.29) is 37.0 Å². The normalized spacial score (nSPS) is 32.9. The monoisotopic (exact) mass is 502 g/mol. The first-order valence-corrected chi connectivity index (χ1v) is 13.7. The van der Waals surface area contributed by atoms with Crippen molar-refractivity contribution in [2.45, 2.75) is 87.4 Å². The lowest BCUT2D eigenvalue weighted by molar-refractivity contribution is -0.155. The van der Waals surface area contributed by atoms with Gasteiger partial charge in [0.15, 0.2) is 0 Å². The van der Waals surface area contributed by atoms with E-state index in [2.05, 4.69) is 12.2 Å². The molecule has 3 fully saturated rings. The van der Waals surface area contributed by atoms with Crippen LogP contribution in [-0.2, 0) is 25.5 Å². The van der Waals surface area contributed by atoms with Gasteiger partial charge in [-0.2, -0.15) is 0 Å². The summed E-state index contributed by atoms with van der Waals surface area (Å²) in [6.07, 6.45) is 3.64. The largest absolute Gasteiger partial charge is 0.466 e. The number of nitrogens with zero attached hydrogens (tertiary/aromatic N) is 1. The second-order valence-corrected chi connectivity index (χ2v) is 12.3. The van der Waals surface area contributed by atoms with E-state index < -0.39 is 33.4 Å². The van der Waals surface area contributed by atoms with Crippen LogP contribution in [-0.4, -0.2) is 68.6 Å². The van der Waals surface area contributed by atoms with Crippen LogP contribution in [0.5, 0.6) is 0 Å². The maximum absolute atomic E-state index is 14.2. The highest BCUT2D eigenvalue weighted by atomic mass is 32.2. The molecular formula is C27H38N2O5S. The number of hydrogen-bond acceptors (Lipinski definition) is 6. The van der Waals surface area contributed by atoms with Crippen molar-refractivity contribution in [1.29, 1.82) is 0 Å². The van der Waals surface area contributed by atoms with Gasteiger partial charge in [0.2, 0.25) is 11.8 Å². The number of fused-ring (bicyclic) bond motifs is 1. The first-order valence-electron chi connectivity index (χ1n) is 12.9. The lowest BCUT2D eigenvalue weighted by atomic mass is 9.66. The number of aliphatic hydroxyl groups excluding tert-OH is 1. The topological polar surface area (TPSA) is 95.9 Å². The standard InChI is InChI=1S/C27H38N2O5S/c1-5-10-17(3)28-23(31)22-27-14-13-26(4,35-27)21(25(33)34-6-2)20(27)24(32)29(22)19(16-30)15-18-11-8-7-9-12-18/h7-9,11-12,17,19-22,30H,5-6,10,13-16H2,1-4H3,(H,28,31)/t17?,19-,20+,21-,22?,26+,27?/m1/s1. The summed E-state index contributed by atoms with van der Waals surface area (Å²) in [4.78, 5) is 42.8. The van der Waals surface area contributed by atoms with E-state index in [4.69, 9.17) is 4.74 Å². The Kier molecular flexibility index (Phi) is 7.53. The van der Waals surface area contributed by atoms with Gasteiger partial charge < -0.3 is 20.1 Å². The molecule has 1 aromatic rings. The molecule has 7 nitrogen and oxygen atoms in total. The Bertz CT molecular complexity index is 958. The number of esters is 1. The number of nitrogens with one attached hydrogen (secondary N) is 1. The molecular weight excluding hydrogens is 464 g/mol. The van der Waals surface area contributed by atoms with Gasteiger partial charge in [-0.25, -0.2) is 0 Å². The minimum absolute atomic E-state index is 0.0263. The third-order valence-corrected chi connectivity index (χ3v) is 10.0. The van der Waals surface area contributed by atoms with E-state index in [0.29, 0.717) is 12.8 Å². The van der Waals surface area contributed by atoms with Gasteiger partial charge in [0.05, 0.1) is 35.8 Å². The van der Waals surface area contributed by atoms with Crippen LogP contribution in [0.15, 0.2) is 30.3 Å². The zero-order valence-corrected chi connectivity index (χ0v) is 22.0. The van der Waals surface area contributed by atoms with Crippen LogP contribution >= 0.6 is 11.8 Å². The molecule has 2 bridgehead atoms. The molecule has 4 rings (SSSR count). The van der Waals surface area contributed by atoms with Crippen molar-refractivity contribution in [3.63, 3.8) is 0 Å². The maximum Gasteiger partial charge on any atom is 0.311 e. The number of ether oxygens (including phenoxy) is 1. The SMILES string of the molecule is CCCC(C)NC(=O)C1N([C@@H](CO)Cc2ccccc2)C(=O)[C@@H]2[C@H](C(=O)OCC)[C@]3(C)CCC12S3. The molecule has 35 heavy (non-hydrogen) atoms. The van der Waals surface area contributed by atoms with Crippen LogP contribution in [0.2, 0.25) is 0 Å². The number of amides is 2. The van der Waals surface area contributed by atoms with Crippen molar-refractivity contribution in [3.8, 4) is 0 Å². The summed E-state index contributed by atoms with van der Waals surface area (Å²) in [5.74, 6) is -1.98. The van der Waals surface area contributed by atoms with Crippen molar-refractivity contribution in [2.24, 2.45) is 11.8 Å². The van der Waals surface area contributed by atoms with Gasteiger partial charge in [-0.15, -0.1) is 11.8 Å². The van der Waals surface area contributed by atoms with Gasteiger partial charge in [-0.3, -0.25) is 14.4 Å². The summed E-state index contributed by atoms with van der Waals surface area (Å²) in [6, 6.07) is 8.37. The molecule has 8 heteroatoms. The van der Waals surface area contributed by atoms with Crippen LogP contribution in [0.3, 0.4) is 0 Å². The average Bonchev–Trinajstić information content (AvgIpc) is 3.39. The Hall–Kier alpha value is -2.06. The van der Waals surface area contributed by atoms with Crippen molar-refractivity contribution in [1.82, 2.24) is 10.2 Å². The predicted molar refractivity (Wildman–Crippen MR) is 136 cm³/mol. The van der Waals surface area contributed by atoms with E-state index in [1.54, 1.807) is 23.6 Å². The van der Waals surface area contributed by atoms with E-state index in [1.807, 2.05) is 44.2 Å². The summed E-state index contributed by atoms with van der Waals surface area (Å²) < 4.78 is 4.28. The Morgan fingerprint density at radius 1 is 1.26 bits per heavy atom. The molecule has 3 aliphatic heterocycles. The van der Waals surface area contributed by atoms with E-state index in [9.17, 15) is 19.5 Å². The Labute approximate surface area is 212 Å².